The zero-order valence-corrected chi connectivity index (χ0v) is 12.2. The Bertz CT molecular complexity index is 889. The third-order valence-corrected chi connectivity index (χ3v) is 3.22. The molecule has 0 aliphatic heterocycles. The largest absolute Gasteiger partial charge is 0.504 e. The van der Waals surface area contributed by atoms with Gasteiger partial charge in [0.05, 0.1) is 7.11 Å². The van der Waals surface area contributed by atoms with E-state index < -0.39 is 11.2 Å². The smallest absolute Gasteiger partial charge is 0.332 e. The van der Waals surface area contributed by atoms with E-state index in [1.165, 1.54) is 33.3 Å². The molecule has 1 aromatic heterocycles. The van der Waals surface area contributed by atoms with Crippen LogP contribution in [0.25, 0.3) is 0 Å². The van der Waals surface area contributed by atoms with Crippen LogP contribution in [0.1, 0.15) is 5.56 Å². The molecule has 2 rings (SSSR count). The van der Waals surface area contributed by atoms with Crippen molar-refractivity contribution in [3.63, 3.8) is 0 Å². The van der Waals surface area contributed by atoms with Crippen LogP contribution >= 0.6 is 0 Å². The average molecular weight is 302 g/mol. The summed E-state index contributed by atoms with van der Waals surface area (Å²) in [5.74, 6) is 0.226. The number of phenolic OH excluding ortho intramolecular Hbond substituents is 1. The number of nitriles is 1. The van der Waals surface area contributed by atoms with E-state index in [-0.39, 0.29) is 22.9 Å². The van der Waals surface area contributed by atoms with Crippen molar-refractivity contribution in [2.45, 2.75) is 0 Å². The summed E-state index contributed by atoms with van der Waals surface area (Å²) in [6, 6.07) is 6.25. The van der Waals surface area contributed by atoms with Gasteiger partial charge in [-0.15, -0.1) is 0 Å². The number of hydrogen-bond donors (Lipinski definition) is 2. The Balaban J connectivity index is 2.60. The second-order valence-electron chi connectivity index (χ2n) is 4.55. The van der Waals surface area contributed by atoms with Gasteiger partial charge in [-0.2, -0.15) is 5.26 Å². The summed E-state index contributed by atoms with van der Waals surface area (Å²) in [5, 5.41) is 21.7. The molecular weight excluding hydrogens is 288 g/mol. The predicted molar refractivity (Wildman–Crippen MR) is 79.6 cm³/mol. The first-order valence-corrected chi connectivity index (χ1v) is 6.24. The lowest BCUT2D eigenvalue weighted by Gasteiger charge is -2.14. The second kappa shape index (κ2) is 5.65. The molecule has 114 valence electrons. The molecule has 0 atom stereocenters. The van der Waals surface area contributed by atoms with Gasteiger partial charge in [-0.3, -0.25) is 13.9 Å². The first-order chi connectivity index (χ1) is 10.4. The zero-order valence-electron chi connectivity index (χ0n) is 12.2. The summed E-state index contributed by atoms with van der Waals surface area (Å²) >= 11 is 0. The van der Waals surface area contributed by atoms with Crippen LogP contribution in [0.5, 0.6) is 11.5 Å². The molecule has 0 unspecified atom stereocenters. The highest BCUT2D eigenvalue weighted by Gasteiger charge is 2.16. The predicted octanol–water partition coefficient (Wildman–Crippen LogP) is 0.413. The molecule has 22 heavy (non-hydrogen) atoms. The normalized spacial score (nSPS) is 10.1. The highest BCUT2D eigenvalue weighted by Crippen LogP contribution is 2.30. The van der Waals surface area contributed by atoms with E-state index in [9.17, 15) is 14.7 Å². The second-order valence-corrected chi connectivity index (χ2v) is 4.55. The van der Waals surface area contributed by atoms with E-state index >= 15 is 0 Å². The fourth-order valence-electron chi connectivity index (χ4n) is 2.00. The monoisotopic (exact) mass is 302 g/mol. The molecule has 8 nitrogen and oxygen atoms in total. The van der Waals surface area contributed by atoms with Crippen molar-refractivity contribution in [3.8, 4) is 17.6 Å². The van der Waals surface area contributed by atoms with Crippen molar-refractivity contribution in [2.75, 3.05) is 12.4 Å². The van der Waals surface area contributed by atoms with Gasteiger partial charge >= 0.3 is 5.69 Å². The highest BCUT2D eigenvalue weighted by atomic mass is 16.5. The van der Waals surface area contributed by atoms with Gasteiger partial charge in [-0.05, 0) is 12.1 Å². The quantitative estimate of drug-likeness (QED) is 0.850. The Morgan fingerprint density at radius 1 is 1.27 bits per heavy atom. The van der Waals surface area contributed by atoms with Crippen LogP contribution in [0, 0.1) is 11.3 Å². The van der Waals surface area contributed by atoms with E-state index in [0.717, 1.165) is 9.13 Å². The van der Waals surface area contributed by atoms with Gasteiger partial charge < -0.3 is 15.2 Å². The number of aromatic hydroxyl groups is 1. The molecule has 0 amide bonds. The summed E-state index contributed by atoms with van der Waals surface area (Å²) in [6.45, 7) is 0. The fraction of sp³-hybridized carbons (Fsp3) is 0.214. The molecule has 0 bridgehead atoms. The molecular formula is C14H14N4O4. The minimum atomic E-state index is -0.689. The van der Waals surface area contributed by atoms with Crippen LogP contribution in [0.15, 0.2) is 27.8 Å². The zero-order chi connectivity index (χ0) is 16.4. The number of benzene rings is 1. The lowest BCUT2D eigenvalue weighted by Crippen LogP contribution is -2.39. The molecule has 0 radical (unpaired) electrons. The lowest BCUT2D eigenvalue weighted by atomic mass is 10.2. The molecule has 2 N–H and O–H groups in total. The van der Waals surface area contributed by atoms with Crippen LogP contribution < -0.4 is 21.3 Å². The highest BCUT2D eigenvalue weighted by molar-refractivity contribution is 5.65. The van der Waals surface area contributed by atoms with Crippen molar-refractivity contribution in [1.82, 2.24) is 9.13 Å². The molecule has 0 spiro atoms. The summed E-state index contributed by atoms with van der Waals surface area (Å²) in [5.41, 5.74) is -1.05. The number of nitrogens with zero attached hydrogens (tertiary/aromatic N) is 3. The van der Waals surface area contributed by atoms with Crippen LogP contribution in [0.3, 0.4) is 0 Å². The van der Waals surface area contributed by atoms with Crippen molar-refractivity contribution >= 4 is 11.5 Å². The summed E-state index contributed by atoms with van der Waals surface area (Å²) < 4.78 is 6.94. The minimum Gasteiger partial charge on any atom is -0.504 e. The van der Waals surface area contributed by atoms with Crippen LogP contribution in [0.2, 0.25) is 0 Å². The summed E-state index contributed by atoms with van der Waals surface area (Å²) in [4.78, 5) is 23.9. The molecule has 0 saturated carbocycles. The number of hydrogen-bond acceptors (Lipinski definition) is 6. The topological polar surface area (TPSA) is 109 Å². The van der Waals surface area contributed by atoms with E-state index in [2.05, 4.69) is 5.32 Å². The van der Waals surface area contributed by atoms with Crippen LogP contribution in [0.4, 0.5) is 11.5 Å². The van der Waals surface area contributed by atoms with Crippen molar-refractivity contribution in [2.24, 2.45) is 14.1 Å². The molecule has 0 aliphatic rings. The van der Waals surface area contributed by atoms with E-state index in [1.54, 1.807) is 12.1 Å². The van der Waals surface area contributed by atoms with Gasteiger partial charge in [0.15, 0.2) is 17.1 Å². The number of methoxy groups -OCH3 is 1. The Morgan fingerprint density at radius 3 is 2.50 bits per heavy atom. The molecule has 1 aromatic carbocycles. The maximum Gasteiger partial charge on any atom is 0.332 e. The third-order valence-electron chi connectivity index (χ3n) is 3.22. The van der Waals surface area contributed by atoms with Gasteiger partial charge in [0.1, 0.15) is 11.9 Å². The molecule has 2 aromatic rings. The standard InChI is InChI=1S/C14H14N4O4/c1-17-12(9(7-15)13(20)18(2)14(17)21)16-8-4-5-11(22-3)10(19)6-8/h4-6,16,19H,1-3H3. The van der Waals surface area contributed by atoms with Crippen molar-refractivity contribution in [1.29, 1.82) is 5.26 Å². The van der Waals surface area contributed by atoms with E-state index in [0.29, 0.717) is 5.69 Å². The number of ether oxygens (including phenoxy) is 1. The number of anilines is 2. The van der Waals surface area contributed by atoms with Crippen LogP contribution in [-0.4, -0.2) is 21.4 Å². The van der Waals surface area contributed by atoms with Gasteiger partial charge in [0.2, 0.25) is 0 Å². The van der Waals surface area contributed by atoms with Crippen LogP contribution in [-0.2, 0) is 14.1 Å². The average Bonchev–Trinajstić information content (AvgIpc) is 2.51. The maximum absolute atomic E-state index is 12.0. The fourth-order valence-corrected chi connectivity index (χ4v) is 2.00. The summed E-state index contributed by atoms with van der Waals surface area (Å²) in [7, 11) is 4.16. The Hall–Kier alpha value is -3.21. The molecule has 1 heterocycles. The van der Waals surface area contributed by atoms with E-state index in [4.69, 9.17) is 10.00 Å². The van der Waals surface area contributed by atoms with E-state index in [1.807, 2.05) is 0 Å². The minimum absolute atomic E-state index is 0.0557. The molecule has 0 aliphatic carbocycles. The summed E-state index contributed by atoms with van der Waals surface area (Å²) in [6.07, 6.45) is 0. The van der Waals surface area contributed by atoms with Crippen molar-refractivity contribution < 1.29 is 9.84 Å². The Kier molecular flexibility index (Phi) is 3.90. The molecule has 0 saturated heterocycles. The first kappa shape index (κ1) is 15.2. The third kappa shape index (κ3) is 2.40. The molecule has 0 fully saturated rings. The number of aromatic nitrogens is 2. The van der Waals surface area contributed by atoms with Gasteiger partial charge in [0.25, 0.3) is 5.56 Å². The number of phenols is 1. The van der Waals surface area contributed by atoms with Gasteiger partial charge in [-0.25, -0.2) is 4.79 Å². The Morgan fingerprint density at radius 2 is 1.95 bits per heavy atom. The van der Waals surface area contributed by atoms with Gasteiger partial charge in [-0.1, -0.05) is 0 Å². The first-order valence-electron chi connectivity index (χ1n) is 6.24. The van der Waals surface area contributed by atoms with Gasteiger partial charge in [0, 0.05) is 25.8 Å². The SMILES string of the molecule is COc1ccc(Nc2c(C#N)c(=O)n(C)c(=O)n2C)cc1O. The van der Waals surface area contributed by atoms with Crippen molar-refractivity contribution in [3.05, 3.63) is 44.6 Å². The Labute approximate surface area is 125 Å². The number of rotatable bonds is 3. The molecule has 8 heteroatoms. The number of nitrogens with one attached hydrogen (secondary N) is 1. The lowest BCUT2D eigenvalue weighted by molar-refractivity contribution is 0.373. The maximum atomic E-state index is 12.0.